The standard InChI is InChI=1S/C6H8N2O4/c7-4(3-9)5(10)12-6-8-1-2-11-6/h1-2,4,9H,3,7H2/t4-/m0/s1. The normalized spacial score (nSPS) is 12.5. The number of rotatable bonds is 3. The molecule has 6 heteroatoms. The zero-order valence-electron chi connectivity index (χ0n) is 6.14. The summed E-state index contributed by atoms with van der Waals surface area (Å²) in [6.45, 7) is -0.473. The summed E-state index contributed by atoms with van der Waals surface area (Å²) in [4.78, 5) is 14.4. The summed E-state index contributed by atoms with van der Waals surface area (Å²) >= 11 is 0. The third-order valence-corrected chi connectivity index (χ3v) is 1.10. The Bertz CT molecular complexity index is 246. The molecule has 6 nitrogen and oxygen atoms in total. The Kier molecular flexibility index (Phi) is 2.78. The van der Waals surface area contributed by atoms with Crippen LogP contribution in [0.2, 0.25) is 0 Å². The van der Waals surface area contributed by atoms with Gasteiger partial charge in [-0.3, -0.25) is 0 Å². The van der Waals surface area contributed by atoms with Gasteiger partial charge in [0.1, 0.15) is 12.3 Å². The van der Waals surface area contributed by atoms with Crippen LogP contribution in [0.5, 0.6) is 6.08 Å². The van der Waals surface area contributed by atoms with Crippen molar-refractivity contribution in [1.29, 1.82) is 0 Å². The molecule has 1 heterocycles. The Morgan fingerprint density at radius 1 is 1.92 bits per heavy atom. The second-order valence-electron chi connectivity index (χ2n) is 2.01. The molecule has 1 aromatic heterocycles. The predicted molar refractivity (Wildman–Crippen MR) is 37.2 cm³/mol. The van der Waals surface area contributed by atoms with Crippen molar-refractivity contribution in [2.45, 2.75) is 6.04 Å². The van der Waals surface area contributed by atoms with E-state index in [1.54, 1.807) is 0 Å². The number of carbonyl (C=O) groups excluding carboxylic acids is 1. The summed E-state index contributed by atoms with van der Waals surface area (Å²) in [5, 5.41) is 8.46. The van der Waals surface area contributed by atoms with Crippen molar-refractivity contribution in [3.63, 3.8) is 0 Å². The van der Waals surface area contributed by atoms with Crippen LogP contribution in [-0.2, 0) is 4.79 Å². The molecule has 0 aliphatic carbocycles. The third kappa shape index (κ3) is 2.04. The third-order valence-electron chi connectivity index (χ3n) is 1.10. The summed E-state index contributed by atoms with van der Waals surface area (Å²) in [6, 6.07) is -1.06. The van der Waals surface area contributed by atoms with Gasteiger partial charge in [0.2, 0.25) is 0 Å². The van der Waals surface area contributed by atoms with Gasteiger partial charge in [0, 0.05) is 0 Å². The highest BCUT2D eigenvalue weighted by Gasteiger charge is 2.16. The number of hydrogen-bond acceptors (Lipinski definition) is 6. The van der Waals surface area contributed by atoms with Gasteiger partial charge < -0.3 is 20.0 Å². The number of nitrogens with two attached hydrogens (primary N) is 1. The predicted octanol–water partition coefficient (Wildman–Crippen LogP) is -1.10. The first-order valence-electron chi connectivity index (χ1n) is 3.21. The quantitative estimate of drug-likeness (QED) is 0.561. The number of ether oxygens (including phenoxy) is 1. The molecule has 0 aliphatic rings. The second kappa shape index (κ2) is 3.84. The van der Waals surface area contributed by atoms with E-state index in [1.807, 2.05) is 0 Å². The van der Waals surface area contributed by atoms with Crippen LogP contribution in [-0.4, -0.2) is 28.7 Å². The van der Waals surface area contributed by atoms with E-state index >= 15 is 0 Å². The van der Waals surface area contributed by atoms with Gasteiger partial charge in [0.25, 0.3) is 0 Å². The molecule has 0 saturated carbocycles. The monoisotopic (exact) mass is 172 g/mol. The van der Waals surface area contributed by atoms with E-state index in [0.29, 0.717) is 0 Å². The molecule has 0 unspecified atom stereocenters. The fourth-order valence-corrected chi connectivity index (χ4v) is 0.497. The first kappa shape index (κ1) is 8.69. The minimum atomic E-state index is -1.06. The molecule has 0 amide bonds. The number of hydrogen-bond donors (Lipinski definition) is 2. The van der Waals surface area contributed by atoms with E-state index in [2.05, 4.69) is 14.1 Å². The minimum Gasteiger partial charge on any atom is -0.417 e. The highest BCUT2D eigenvalue weighted by Crippen LogP contribution is 2.04. The van der Waals surface area contributed by atoms with Gasteiger partial charge in [-0.2, -0.15) is 4.98 Å². The van der Waals surface area contributed by atoms with Crippen LogP contribution in [0.4, 0.5) is 0 Å². The maximum absolute atomic E-state index is 10.8. The molecule has 0 radical (unpaired) electrons. The number of carbonyl (C=O) groups is 1. The first-order valence-corrected chi connectivity index (χ1v) is 3.21. The largest absolute Gasteiger partial charge is 0.417 e. The van der Waals surface area contributed by atoms with Crippen molar-refractivity contribution in [3.05, 3.63) is 12.5 Å². The maximum atomic E-state index is 10.8. The Balaban J connectivity index is 2.47. The van der Waals surface area contributed by atoms with Crippen molar-refractivity contribution in [1.82, 2.24) is 4.98 Å². The Morgan fingerprint density at radius 3 is 3.17 bits per heavy atom. The van der Waals surface area contributed by atoms with Crippen LogP contribution >= 0.6 is 0 Å². The van der Waals surface area contributed by atoms with Crippen LogP contribution in [0, 0.1) is 0 Å². The molecule has 0 aliphatic heterocycles. The number of oxazole rings is 1. The number of aromatic nitrogens is 1. The van der Waals surface area contributed by atoms with Crippen LogP contribution in [0.15, 0.2) is 16.9 Å². The average molecular weight is 172 g/mol. The molecule has 0 saturated heterocycles. The van der Waals surface area contributed by atoms with Crippen molar-refractivity contribution in [2.24, 2.45) is 5.73 Å². The van der Waals surface area contributed by atoms with Crippen LogP contribution in [0.25, 0.3) is 0 Å². The Morgan fingerprint density at radius 2 is 2.67 bits per heavy atom. The highest BCUT2D eigenvalue weighted by molar-refractivity contribution is 5.77. The van der Waals surface area contributed by atoms with E-state index < -0.39 is 18.6 Å². The number of esters is 1. The van der Waals surface area contributed by atoms with E-state index in [1.165, 1.54) is 12.5 Å². The van der Waals surface area contributed by atoms with E-state index in [9.17, 15) is 4.79 Å². The summed E-state index contributed by atoms with van der Waals surface area (Å²) in [5.41, 5.74) is 5.14. The molecule has 0 spiro atoms. The smallest absolute Gasteiger partial charge is 0.401 e. The van der Waals surface area contributed by atoms with E-state index in [-0.39, 0.29) is 6.08 Å². The average Bonchev–Trinajstić information content (AvgIpc) is 2.55. The van der Waals surface area contributed by atoms with Crippen LogP contribution in [0.3, 0.4) is 0 Å². The maximum Gasteiger partial charge on any atom is 0.401 e. The molecule has 12 heavy (non-hydrogen) atoms. The van der Waals surface area contributed by atoms with Gasteiger partial charge in [0.15, 0.2) is 0 Å². The van der Waals surface area contributed by atoms with Gasteiger partial charge in [-0.1, -0.05) is 0 Å². The SMILES string of the molecule is N[C@@H](CO)C(=O)Oc1ncco1. The van der Waals surface area contributed by atoms with Gasteiger partial charge in [0.05, 0.1) is 12.8 Å². The topological polar surface area (TPSA) is 98.6 Å². The second-order valence-corrected chi connectivity index (χ2v) is 2.01. The van der Waals surface area contributed by atoms with Crippen LogP contribution in [0.1, 0.15) is 0 Å². The summed E-state index contributed by atoms with van der Waals surface area (Å²) in [6.07, 6.45) is 2.41. The van der Waals surface area contributed by atoms with Crippen molar-refractivity contribution in [2.75, 3.05) is 6.61 Å². The number of nitrogens with zero attached hydrogens (tertiary/aromatic N) is 1. The molecule has 3 N–H and O–H groups in total. The Hall–Kier alpha value is -1.40. The van der Waals surface area contributed by atoms with Crippen molar-refractivity contribution >= 4 is 5.97 Å². The molecule has 0 bridgehead atoms. The lowest BCUT2D eigenvalue weighted by Crippen LogP contribution is -2.37. The summed E-state index contributed by atoms with van der Waals surface area (Å²) in [7, 11) is 0. The molecular formula is C6H8N2O4. The molecule has 1 aromatic rings. The zero-order valence-corrected chi connectivity index (χ0v) is 6.14. The zero-order chi connectivity index (χ0) is 8.97. The fraction of sp³-hybridized carbons (Fsp3) is 0.333. The van der Waals surface area contributed by atoms with Gasteiger partial charge in [-0.05, 0) is 0 Å². The molecule has 0 aromatic carbocycles. The number of aliphatic hydroxyl groups excluding tert-OH is 1. The lowest BCUT2D eigenvalue weighted by molar-refractivity contribution is -0.138. The molecule has 1 atom stereocenters. The highest BCUT2D eigenvalue weighted by atomic mass is 16.6. The van der Waals surface area contributed by atoms with Gasteiger partial charge in [-0.25, -0.2) is 4.79 Å². The first-order chi connectivity index (χ1) is 5.74. The minimum absolute atomic E-state index is 0.177. The summed E-state index contributed by atoms with van der Waals surface area (Å²) < 4.78 is 9.11. The lowest BCUT2D eigenvalue weighted by atomic mass is 10.3. The fourth-order valence-electron chi connectivity index (χ4n) is 0.497. The Labute approximate surface area is 67.9 Å². The van der Waals surface area contributed by atoms with Gasteiger partial charge >= 0.3 is 12.0 Å². The lowest BCUT2D eigenvalue weighted by Gasteiger charge is -2.03. The van der Waals surface area contributed by atoms with Gasteiger partial charge in [-0.15, -0.1) is 0 Å². The van der Waals surface area contributed by atoms with E-state index in [0.717, 1.165) is 0 Å². The van der Waals surface area contributed by atoms with Crippen molar-refractivity contribution in [3.8, 4) is 6.08 Å². The molecule has 0 fully saturated rings. The molecule has 1 rings (SSSR count). The van der Waals surface area contributed by atoms with Crippen molar-refractivity contribution < 1.29 is 19.1 Å². The van der Waals surface area contributed by atoms with E-state index in [4.69, 9.17) is 10.8 Å². The number of aliphatic hydroxyl groups is 1. The molecule has 66 valence electrons. The summed E-state index contributed by atoms with van der Waals surface area (Å²) in [5.74, 6) is -0.778. The molecular weight excluding hydrogens is 164 g/mol. The van der Waals surface area contributed by atoms with Crippen LogP contribution < -0.4 is 10.5 Å².